The second-order valence-electron chi connectivity index (χ2n) is 5.40. The van der Waals surface area contributed by atoms with Gasteiger partial charge in [-0.05, 0) is 37.7 Å². The lowest BCUT2D eigenvalue weighted by atomic mass is 9.86. The minimum atomic E-state index is -0.0133. The Bertz CT molecular complexity index is 441. The third-order valence-electron chi connectivity index (χ3n) is 4.06. The number of nitrogen functional groups attached to an aromatic ring is 1. The molecule has 1 aromatic heterocycles. The molecule has 19 heavy (non-hydrogen) atoms. The molecule has 1 aliphatic rings. The lowest BCUT2D eigenvalue weighted by Gasteiger charge is -2.33. The van der Waals surface area contributed by atoms with Crippen molar-refractivity contribution >= 4 is 11.6 Å². The Morgan fingerprint density at radius 3 is 2.74 bits per heavy atom. The highest BCUT2D eigenvalue weighted by Gasteiger charge is 2.26. The van der Waals surface area contributed by atoms with Gasteiger partial charge >= 0.3 is 0 Å². The van der Waals surface area contributed by atoms with Crippen molar-refractivity contribution < 1.29 is 4.79 Å². The first kappa shape index (κ1) is 13.8. The fraction of sp³-hybridized carbons (Fsp3) is 0.571. The minimum Gasteiger partial charge on any atom is -0.339 e. The lowest BCUT2D eigenvalue weighted by molar-refractivity contribution is 0.0680. The number of aromatic nitrogens is 1. The summed E-state index contributed by atoms with van der Waals surface area (Å²) in [6.45, 7) is 2.27. The summed E-state index contributed by atoms with van der Waals surface area (Å²) in [5.41, 5.74) is 3.71. The molecule has 1 fully saturated rings. The Hall–Kier alpha value is -1.62. The number of hydrogen-bond donors (Lipinski definition) is 2. The van der Waals surface area contributed by atoms with Crippen molar-refractivity contribution in [2.45, 2.75) is 38.6 Å². The van der Waals surface area contributed by atoms with Crippen LogP contribution in [0.3, 0.4) is 0 Å². The summed E-state index contributed by atoms with van der Waals surface area (Å²) in [5.74, 6) is 6.20. The van der Waals surface area contributed by atoms with Crippen LogP contribution in [0.5, 0.6) is 0 Å². The smallest absolute Gasteiger partial charge is 0.257 e. The van der Waals surface area contributed by atoms with Crippen molar-refractivity contribution in [1.29, 1.82) is 0 Å². The zero-order chi connectivity index (χ0) is 13.8. The van der Waals surface area contributed by atoms with Gasteiger partial charge in [-0.3, -0.25) is 15.6 Å². The zero-order valence-corrected chi connectivity index (χ0v) is 11.6. The number of pyridine rings is 1. The van der Waals surface area contributed by atoms with Crippen LogP contribution in [0.25, 0.3) is 0 Å². The van der Waals surface area contributed by atoms with Gasteiger partial charge in [-0.1, -0.05) is 6.92 Å². The Morgan fingerprint density at radius 1 is 1.42 bits per heavy atom. The lowest BCUT2D eigenvalue weighted by Crippen LogP contribution is -2.39. The number of hydrogen-bond acceptors (Lipinski definition) is 4. The van der Waals surface area contributed by atoms with Crippen LogP contribution in [0.15, 0.2) is 18.5 Å². The second kappa shape index (κ2) is 6.02. The Kier molecular flexibility index (Phi) is 4.37. The van der Waals surface area contributed by atoms with Gasteiger partial charge in [0, 0.05) is 25.5 Å². The van der Waals surface area contributed by atoms with Crippen molar-refractivity contribution in [3.05, 3.63) is 24.0 Å². The molecule has 5 heteroatoms. The van der Waals surface area contributed by atoms with E-state index in [4.69, 9.17) is 5.84 Å². The van der Waals surface area contributed by atoms with Crippen LogP contribution >= 0.6 is 0 Å². The quantitative estimate of drug-likeness (QED) is 0.646. The molecule has 0 bridgehead atoms. The van der Waals surface area contributed by atoms with E-state index in [0.717, 1.165) is 18.8 Å². The fourth-order valence-electron chi connectivity index (χ4n) is 2.68. The topological polar surface area (TPSA) is 71.2 Å². The molecular formula is C14H22N4O. The Balaban J connectivity index is 2.10. The van der Waals surface area contributed by atoms with E-state index < -0.39 is 0 Å². The van der Waals surface area contributed by atoms with Crippen molar-refractivity contribution in [2.75, 3.05) is 12.5 Å². The summed E-state index contributed by atoms with van der Waals surface area (Å²) in [5, 5.41) is 0. The van der Waals surface area contributed by atoms with Gasteiger partial charge in [0.15, 0.2) is 0 Å². The maximum absolute atomic E-state index is 12.5. The number of amides is 1. The third-order valence-corrected chi connectivity index (χ3v) is 4.06. The Labute approximate surface area is 114 Å². The summed E-state index contributed by atoms with van der Waals surface area (Å²) < 4.78 is 0. The Morgan fingerprint density at radius 2 is 2.11 bits per heavy atom. The first-order valence-electron chi connectivity index (χ1n) is 6.81. The molecule has 0 unspecified atom stereocenters. The highest BCUT2D eigenvalue weighted by Crippen LogP contribution is 2.27. The van der Waals surface area contributed by atoms with Crippen molar-refractivity contribution in [3.63, 3.8) is 0 Å². The molecule has 0 spiro atoms. The molecule has 5 nitrogen and oxygen atoms in total. The van der Waals surface area contributed by atoms with Gasteiger partial charge in [-0.2, -0.15) is 0 Å². The molecule has 1 aromatic rings. The van der Waals surface area contributed by atoms with Gasteiger partial charge in [0.2, 0.25) is 0 Å². The summed E-state index contributed by atoms with van der Waals surface area (Å²) in [4.78, 5) is 18.3. The molecule has 1 heterocycles. The van der Waals surface area contributed by atoms with E-state index in [1.165, 1.54) is 12.8 Å². The van der Waals surface area contributed by atoms with Gasteiger partial charge in [0.1, 0.15) is 0 Å². The highest BCUT2D eigenvalue weighted by atomic mass is 16.2. The molecule has 1 amide bonds. The van der Waals surface area contributed by atoms with Crippen molar-refractivity contribution in [2.24, 2.45) is 11.8 Å². The van der Waals surface area contributed by atoms with Crippen LogP contribution in [0, 0.1) is 5.92 Å². The maximum Gasteiger partial charge on any atom is 0.257 e. The predicted octanol–water partition coefficient (Wildman–Crippen LogP) is 2.02. The van der Waals surface area contributed by atoms with E-state index in [9.17, 15) is 4.79 Å². The van der Waals surface area contributed by atoms with E-state index in [0.29, 0.717) is 17.3 Å². The summed E-state index contributed by atoms with van der Waals surface area (Å²) in [6, 6.07) is 2.04. The first-order valence-corrected chi connectivity index (χ1v) is 6.81. The van der Waals surface area contributed by atoms with E-state index in [1.54, 1.807) is 18.5 Å². The number of nitrogens with one attached hydrogen (secondary N) is 1. The van der Waals surface area contributed by atoms with Gasteiger partial charge in [-0.25, -0.2) is 0 Å². The zero-order valence-electron chi connectivity index (χ0n) is 11.6. The van der Waals surface area contributed by atoms with E-state index >= 15 is 0 Å². The van der Waals surface area contributed by atoms with Gasteiger partial charge in [-0.15, -0.1) is 0 Å². The van der Waals surface area contributed by atoms with E-state index in [-0.39, 0.29) is 5.91 Å². The van der Waals surface area contributed by atoms with Gasteiger partial charge in [0.05, 0.1) is 11.3 Å². The average molecular weight is 262 g/mol. The average Bonchev–Trinajstić information content (AvgIpc) is 2.46. The molecular weight excluding hydrogens is 240 g/mol. The standard InChI is InChI=1S/C14H22N4O/c1-10-3-5-11(6-4-10)18(2)14(19)12-9-16-8-7-13(12)17-15/h7-11H,3-6,15H2,1-2H3,(H,16,17). The molecule has 0 atom stereocenters. The summed E-state index contributed by atoms with van der Waals surface area (Å²) in [7, 11) is 1.87. The maximum atomic E-state index is 12.5. The van der Waals surface area contributed by atoms with E-state index in [2.05, 4.69) is 17.3 Å². The van der Waals surface area contributed by atoms with Gasteiger partial charge in [0.25, 0.3) is 5.91 Å². The summed E-state index contributed by atoms with van der Waals surface area (Å²) in [6.07, 6.45) is 7.73. The predicted molar refractivity (Wildman–Crippen MR) is 75.6 cm³/mol. The molecule has 2 rings (SSSR count). The van der Waals surface area contributed by atoms with Crippen molar-refractivity contribution in [1.82, 2.24) is 9.88 Å². The molecule has 0 radical (unpaired) electrons. The molecule has 104 valence electrons. The number of carbonyl (C=O) groups is 1. The summed E-state index contributed by atoms with van der Waals surface area (Å²) >= 11 is 0. The van der Waals surface area contributed by atoms with Crippen LogP contribution in [-0.2, 0) is 0 Å². The monoisotopic (exact) mass is 262 g/mol. The third kappa shape index (κ3) is 3.04. The molecule has 3 N–H and O–H groups in total. The molecule has 0 aromatic carbocycles. The van der Waals surface area contributed by atoms with E-state index in [1.807, 2.05) is 11.9 Å². The normalized spacial score (nSPS) is 22.9. The SMILES string of the molecule is CC1CCC(N(C)C(=O)c2cnccc2NN)CC1. The number of nitrogens with zero attached hydrogens (tertiary/aromatic N) is 2. The van der Waals surface area contributed by atoms with Crippen LogP contribution < -0.4 is 11.3 Å². The number of carbonyl (C=O) groups excluding carboxylic acids is 1. The van der Waals surface area contributed by atoms with Crippen LogP contribution in [0.1, 0.15) is 43.0 Å². The first-order chi connectivity index (χ1) is 9.13. The molecule has 1 aliphatic carbocycles. The molecule has 0 saturated heterocycles. The van der Waals surface area contributed by atoms with Crippen LogP contribution in [0.2, 0.25) is 0 Å². The van der Waals surface area contributed by atoms with Crippen molar-refractivity contribution in [3.8, 4) is 0 Å². The fourth-order valence-corrected chi connectivity index (χ4v) is 2.68. The molecule has 1 saturated carbocycles. The highest BCUT2D eigenvalue weighted by molar-refractivity contribution is 5.99. The number of rotatable bonds is 3. The largest absolute Gasteiger partial charge is 0.339 e. The minimum absolute atomic E-state index is 0.0133. The molecule has 0 aliphatic heterocycles. The number of nitrogens with two attached hydrogens (primary N) is 1. The van der Waals surface area contributed by atoms with Crippen LogP contribution in [-0.4, -0.2) is 28.9 Å². The van der Waals surface area contributed by atoms with Crippen LogP contribution in [0.4, 0.5) is 5.69 Å². The van der Waals surface area contributed by atoms with Gasteiger partial charge < -0.3 is 10.3 Å². The second-order valence-corrected chi connectivity index (χ2v) is 5.40. The number of hydrazine groups is 1. The number of anilines is 1.